The second-order valence-corrected chi connectivity index (χ2v) is 2.57. The van der Waals surface area contributed by atoms with E-state index in [1.54, 1.807) is 0 Å². The quantitative estimate of drug-likeness (QED) is 0.665. The van der Waals surface area contributed by atoms with Gasteiger partial charge >= 0.3 is 6.18 Å². The highest BCUT2D eigenvalue weighted by molar-refractivity contribution is 6.33. The van der Waals surface area contributed by atoms with E-state index in [1.807, 2.05) is 0 Å². The van der Waals surface area contributed by atoms with Gasteiger partial charge in [-0.2, -0.15) is 13.2 Å². The maximum atomic E-state index is 11.9. The van der Waals surface area contributed by atoms with Gasteiger partial charge in [-0.15, -0.1) is 0 Å². The Morgan fingerprint density at radius 3 is 2.54 bits per heavy atom. The third-order valence-corrected chi connectivity index (χ3v) is 1.54. The molecule has 13 heavy (non-hydrogen) atoms. The average molecular weight is 210 g/mol. The van der Waals surface area contributed by atoms with Gasteiger partial charge in [0, 0.05) is 6.20 Å². The first-order valence-electron chi connectivity index (χ1n) is 3.15. The van der Waals surface area contributed by atoms with Crippen molar-refractivity contribution in [2.75, 3.05) is 0 Å². The maximum Gasteiger partial charge on any atom is 0.456 e. The second-order valence-electron chi connectivity index (χ2n) is 2.16. The molecule has 0 saturated carbocycles. The molecule has 2 nitrogen and oxygen atoms in total. The molecular formula is C7H3ClF3NO. The summed E-state index contributed by atoms with van der Waals surface area (Å²) in [6.45, 7) is 0. The van der Waals surface area contributed by atoms with Gasteiger partial charge in [0.25, 0.3) is 5.78 Å². The van der Waals surface area contributed by atoms with Crippen molar-refractivity contribution in [3.05, 3.63) is 29.0 Å². The molecule has 0 spiro atoms. The number of carbonyl (C=O) groups excluding carboxylic acids is 1. The summed E-state index contributed by atoms with van der Waals surface area (Å²) in [7, 11) is 0. The van der Waals surface area contributed by atoms with Crippen LogP contribution in [0.5, 0.6) is 0 Å². The number of aromatic nitrogens is 1. The van der Waals surface area contributed by atoms with Crippen LogP contribution in [0.3, 0.4) is 0 Å². The van der Waals surface area contributed by atoms with E-state index in [4.69, 9.17) is 11.6 Å². The van der Waals surface area contributed by atoms with E-state index in [0.717, 1.165) is 6.20 Å². The van der Waals surface area contributed by atoms with Crippen LogP contribution < -0.4 is 0 Å². The number of rotatable bonds is 1. The first-order valence-corrected chi connectivity index (χ1v) is 3.53. The molecule has 0 radical (unpaired) electrons. The minimum Gasteiger partial charge on any atom is -0.282 e. The van der Waals surface area contributed by atoms with Crippen molar-refractivity contribution in [3.8, 4) is 0 Å². The topological polar surface area (TPSA) is 30.0 Å². The smallest absolute Gasteiger partial charge is 0.282 e. The van der Waals surface area contributed by atoms with Crippen molar-refractivity contribution in [2.45, 2.75) is 6.18 Å². The predicted octanol–water partition coefficient (Wildman–Crippen LogP) is 2.48. The largest absolute Gasteiger partial charge is 0.456 e. The van der Waals surface area contributed by atoms with Gasteiger partial charge in [-0.3, -0.25) is 9.78 Å². The predicted molar refractivity (Wildman–Crippen MR) is 39.6 cm³/mol. The highest BCUT2D eigenvalue weighted by Crippen LogP contribution is 2.24. The summed E-state index contributed by atoms with van der Waals surface area (Å²) >= 11 is 5.34. The van der Waals surface area contributed by atoms with Crippen molar-refractivity contribution in [1.82, 2.24) is 4.98 Å². The van der Waals surface area contributed by atoms with E-state index >= 15 is 0 Å². The number of halogens is 4. The van der Waals surface area contributed by atoms with Crippen molar-refractivity contribution < 1.29 is 18.0 Å². The third-order valence-electron chi connectivity index (χ3n) is 1.23. The van der Waals surface area contributed by atoms with Crippen LogP contribution in [0.25, 0.3) is 0 Å². The molecule has 0 atom stereocenters. The SMILES string of the molecule is O=C(c1ncccc1Cl)C(F)(F)F. The minimum absolute atomic E-state index is 0.301. The fraction of sp³-hybridized carbons (Fsp3) is 0.143. The van der Waals surface area contributed by atoms with Crippen LogP contribution in [0.4, 0.5) is 13.2 Å². The number of nitrogens with zero attached hydrogens (tertiary/aromatic N) is 1. The lowest BCUT2D eigenvalue weighted by atomic mass is 10.2. The van der Waals surface area contributed by atoms with Gasteiger partial charge in [0.2, 0.25) is 0 Å². The first-order chi connectivity index (χ1) is 5.93. The normalized spacial score (nSPS) is 11.4. The summed E-state index contributed by atoms with van der Waals surface area (Å²) < 4.78 is 35.6. The van der Waals surface area contributed by atoms with Gasteiger partial charge in [-0.25, -0.2) is 0 Å². The summed E-state index contributed by atoms with van der Waals surface area (Å²) in [5.74, 6) is -2.03. The van der Waals surface area contributed by atoms with Gasteiger partial charge in [0.1, 0.15) is 5.69 Å². The zero-order chi connectivity index (χ0) is 10.1. The Hall–Kier alpha value is -1.10. The molecule has 0 saturated heterocycles. The van der Waals surface area contributed by atoms with Crippen molar-refractivity contribution in [1.29, 1.82) is 0 Å². The molecule has 1 heterocycles. The van der Waals surface area contributed by atoms with Gasteiger partial charge in [-0.1, -0.05) is 11.6 Å². The van der Waals surface area contributed by atoms with Crippen LogP contribution in [-0.4, -0.2) is 16.9 Å². The molecule has 0 bridgehead atoms. The summed E-state index contributed by atoms with van der Waals surface area (Å²) in [6.07, 6.45) is -3.86. The second kappa shape index (κ2) is 3.33. The molecule has 0 aromatic carbocycles. The fourth-order valence-electron chi connectivity index (χ4n) is 0.687. The molecular weight excluding hydrogens is 207 g/mol. The molecule has 0 aliphatic carbocycles. The first kappa shape index (κ1) is 9.98. The van der Waals surface area contributed by atoms with E-state index in [-0.39, 0.29) is 5.02 Å². The number of ketones is 1. The third kappa shape index (κ3) is 2.18. The zero-order valence-corrected chi connectivity index (χ0v) is 6.86. The minimum atomic E-state index is -4.93. The summed E-state index contributed by atoms with van der Waals surface area (Å²) in [6, 6.07) is 2.52. The fourth-order valence-corrected chi connectivity index (χ4v) is 0.894. The average Bonchev–Trinajstić information content (AvgIpc) is 2.02. The lowest BCUT2D eigenvalue weighted by molar-refractivity contribution is -0.0888. The molecule has 0 aliphatic heterocycles. The monoisotopic (exact) mass is 209 g/mol. The van der Waals surface area contributed by atoms with Crippen LogP contribution in [0.1, 0.15) is 10.5 Å². The van der Waals surface area contributed by atoms with Crippen molar-refractivity contribution in [2.24, 2.45) is 0 Å². The van der Waals surface area contributed by atoms with Crippen molar-refractivity contribution in [3.63, 3.8) is 0 Å². The number of pyridine rings is 1. The van der Waals surface area contributed by atoms with Crippen LogP contribution >= 0.6 is 11.6 Å². The molecule has 1 aromatic heterocycles. The van der Waals surface area contributed by atoms with E-state index in [2.05, 4.69) is 4.98 Å². The Morgan fingerprint density at radius 2 is 2.08 bits per heavy atom. The summed E-state index contributed by atoms with van der Waals surface area (Å²) in [4.78, 5) is 13.9. The maximum absolute atomic E-state index is 11.9. The highest BCUT2D eigenvalue weighted by atomic mass is 35.5. The molecule has 1 aromatic rings. The molecule has 6 heteroatoms. The number of alkyl halides is 3. The molecule has 1 rings (SSSR count). The number of hydrogen-bond donors (Lipinski definition) is 0. The van der Waals surface area contributed by atoms with Gasteiger partial charge < -0.3 is 0 Å². The molecule has 70 valence electrons. The van der Waals surface area contributed by atoms with Crippen LogP contribution in [-0.2, 0) is 0 Å². The Bertz CT molecular complexity index is 337. The number of hydrogen-bond acceptors (Lipinski definition) is 2. The zero-order valence-electron chi connectivity index (χ0n) is 6.10. The van der Waals surface area contributed by atoms with Gasteiger partial charge in [0.15, 0.2) is 0 Å². The Kier molecular flexibility index (Phi) is 2.56. The van der Waals surface area contributed by atoms with Crippen LogP contribution in [0.2, 0.25) is 5.02 Å². The van der Waals surface area contributed by atoms with E-state index in [0.29, 0.717) is 0 Å². The molecule has 0 aliphatic rings. The molecule has 0 unspecified atom stereocenters. The lowest BCUT2D eigenvalue weighted by Gasteiger charge is -2.04. The molecule has 0 amide bonds. The Labute approximate surface area is 76.3 Å². The molecule has 0 fully saturated rings. The van der Waals surface area contributed by atoms with Gasteiger partial charge in [0.05, 0.1) is 5.02 Å². The standard InChI is InChI=1S/C7H3ClF3NO/c8-4-2-1-3-12-5(4)6(13)7(9,10)11/h1-3H. The summed E-state index contributed by atoms with van der Waals surface area (Å²) in [5, 5.41) is -0.301. The molecule has 0 N–H and O–H groups in total. The number of Topliss-reactive ketones (excluding diaryl/α,β-unsaturated/α-hetero) is 1. The summed E-state index contributed by atoms with van der Waals surface area (Å²) in [5.41, 5.74) is -0.767. The van der Waals surface area contributed by atoms with E-state index in [1.165, 1.54) is 12.1 Å². The Morgan fingerprint density at radius 1 is 1.46 bits per heavy atom. The van der Waals surface area contributed by atoms with Crippen molar-refractivity contribution >= 4 is 17.4 Å². The van der Waals surface area contributed by atoms with E-state index < -0.39 is 17.7 Å². The number of carbonyl (C=O) groups is 1. The Balaban J connectivity index is 3.10. The van der Waals surface area contributed by atoms with Crippen LogP contribution in [0.15, 0.2) is 18.3 Å². The van der Waals surface area contributed by atoms with Crippen LogP contribution in [0, 0.1) is 0 Å². The van der Waals surface area contributed by atoms with E-state index in [9.17, 15) is 18.0 Å². The van der Waals surface area contributed by atoms with Gasteiger partial charge in [-0.05, 0) is 12.1 Å². The lowest BCUT2D eigenvalue weighted by Crippen LogP contribution is -2.24. The highest BCUT2D eigenvalue weighted by Gasteiger charge is 2.41.